The number of hydrogen-bond acceptors (Lipinski definition) is 4. The first-order chi connectivity index (χ1) is 13.4. The van der Waals surface area contributed by atoms with Crippen LogP contribution in [0.2, 0.25) is 0 Å². The molecule has 8 heteroatoms. The van der Waals surface area contributed by atoms with Crippen molar-refractivity contribution < 1.29 is 17.2 Å². The molecule has 0 aliphatic heterocycles. The van der Waals surface area contributed by atoms with E-state index in [1.54, 1.807) is 0 Å². The lowest BCUT2D eigenvalue weighted by Crippen LogP contribution is -2.15. The van der Waals surface area contributed by atoms with Crippen molar-refractivity contribution in [3.63, 3.8) is 0 Å². The summed E-state index contributed by atoms with van der Waals surface area (Å²) in [7, 11) is -3.92. The Morgan fingerprint density at radius 3 is 2.39 bits per heavy atom. The third kappa shape index (κ3) is 3.54. The van der Waals surface area contributed by atoms with Gasteiger partial charge in [-0.3, -0.25) is 9.29 Å². The van der Waals surface area contributed by atoms with Gasteiger partial charge in [0.2, 0.25) is 0 Å². The number of hydrogen-bond donors (Lipinski definition) is 1. The number of anilines is 1. The summed E-state index contributed by atoms with van der Waals surface area (Å²) < 4.78 is 47.2. The van der Waals surface area contributed by atoms with E-state index >= 15 is 0 Å². The molecule has 0 radical (unpaired) electrons. The summed E-state index contributed by atoms with van der Waals surface area (Å²) in [5.41, 5.74) is 1.81. The van der Waals surface area contributed by atoms with Crippen molar-refractivity contribution >= 4 is 26.8 Å². The molecule has 0 saturated heterocycles. The Morgan fingerprint density at radius 1 is 0.964 bits per heavy atom. The third-order valence-electron chi connectivity index (χ3n) is 4.23. The summed E-state index contributed by atoms with van der Waals surface area (Å²) in [4.78, 5) is 12.2. The zero-order chi connectivity index (χ0) is 19.7. The molecular weight excluding hydrogens is 383 g/mol. The van der Waals surface area contributed by atoms with E-state index in [9.17, 15) is 17.6 Å². The van der Waals surface area contributed by atoms with Crippen LogP contribution in [0.4, 0.5) is 10.1 Å². The minimum atomic E-state index is -3.92. The van der Waals surface area contributed by atoms with E-state index in [1.807, 2.05) is 30.3 Å². The minimum absolute atomic E-state index is 0.0649. The molecule has 0 saturated carbocycles. The van der Waals surface area contributed by atoms with Gasteiger partial charge in [0, 0.05) is 11.8 Å². The fraction of sp³-hybridized carbons (Fsp3) is 0.0500. The molecule has 28 heavy (non-hydrogen) atoms. The van der Waals surface area contributed by atoms with E-state index in [-0.39, 0.29) is 16.2 Å². The van der Waals surface area contributed by atoms with Crippen LogP contribution in [-0.4, -0.2) is 13.0 Å². The summed E-state index contributed by atoms with van der Waals surface area (Å²) in [6.45, 7) is 0.312. The maximum atomic E-state index is 13.0. The average Bonchev–Trinajstić information content (AvgIpc) is 2.99. The van der Waals surface area contributed by atoms with E-state index in [1.165, 1.54) is 34.9 Å². The first kappa shape index (κ1) is 18.0. The summed E-state index contributed by atoms with van der Waals surface area (Å²) in [6.07, 6.45) is 0. The number of sulfonamides is 1. The highest BCUT2D eigenvalue weighted by atomic mass is 32.2. The van der Waals surface area contributed by atoms with Gasteiger partial charge < -0.3 is 4.42 Å². The molecule has 0 bridgehead atoms. The van der Waals surface area contributed by atoms with Crippen LogP contribution in [0.1, 0.15) is 5.56 Å². The smallest absolute Gasteiger partial charge is 0.408 e. The molecular formula is C20H15FN2O4S. The van der Waals surface area contributed by atoms with Crippen LogP contribution in [0.5, 0.6) is 0 Å². The Labute approximate surface area is 159 Å². The van der Waals surface area contributed by atoms with Crippen molar-refractivity contribution in [2.24, 2.45) is 0 Å². The lowest BCUT2D eigenvalue weighted by atomic mass is 10.2. The van der Waals surface area contributed by atoms with Crippen molar-refractivity contribution in [2.45, 2.75) is 11.4 Å². The number of nitrogens with one attached hydrogen (secondary N) is 1. The first-order valence-electron chi connectivity index (χ1n) is 8.38. The minimum Gasteiger partial charge on any atom is -0.408 e. The third-order valence-corrected chi connectivity index (χ3v) is 5.61. The molecule has 0 amide bonds. The summed E-state index contributed by atoms with van der Waals surface area (Å²) >= 11 is 0. The molecule has 0 unspecified atom stereocenters. The predicted octanol–water partition coefficient (Wildman–Crippen LogP) is 3.58. The van der Waals surface area contributed by atoms with Gasteiger partial charge in [-0.2, -0.15) is 0 Å². The highest BCUT2D eigenvalue weighted by Gasteiger charge is 2.18. The zero-order valence-electron chi connectivity index (χ0n) is 14.5. The predicted molar refractivity (Wildman–Crippen MR) is 103 cm³/mol. The second-order valence-electron chi connectivity index (χ2n) is 6.18. The Bertz CT molecular complexity index is 1290. The largest absolute Gasteiger partial charge is 0.420 e. The highest BCUT2D eigenvalue weighted by molar-refractivity contribution is 7.92. The molecule has 0 atom stereocenters. The van der Waals surface area contributed by atoms with Crippen LogP contribution in [0.15, 0.2) is 86.9 Å². The molecule has 0 aliphatic rings. The lowest BCUT2D eigenvalue weighted by Gasteiger charge is -2.08. The van der Waals surface area contributed by atoms with Crippen molar-refractivity contribution in [1.82, 2.24) is 4.57 Å². The fourth-order valence-electron chi connectivity index (χ4n) is 2.86. The van der Waals surface area contributed by atoms with Gasteiger partial charge in [-0.25, -0.2) is 17.6 Å². The van der Waals surface area contributed by atoms with E-state index in [4.69, 9.17) is 4.42 Å². The molecule has 3 aromatic carbocycles. The van der Waals surface area contributed by atoms with Gasteiger partial charge in [0.15, 0.2) is 5.58 Å². The maximum Gasteiger partial charge on any atom is 0.420 e. The molecule has 0 aliphatic carbocycles. The summed E-state index contributed by atoms with van der Waals surface area (Å²) in [5.74, 6) is -1.04. The number of aromatic nitrogens is 1. The zero-order valence-corrected chi connectivity index (χ0v) is 15.3. The molecule has 4 rings (SSSR count). The highest BCUT2D eigenvalue weighted by Crippen LogP contribution is 2.22. The molecule has 6 nitrogen and oxygen atoms in total. The van der Waals surface area contributed by atoms with E-state index < -0.39 is 21.6 Å². The van der Waals surface area contributed by atoms with Crippen LogP contribution in [-0.2, 0) is 16.6 Å². The van der Waals surface area contributed by atoms with Crippen LogP contribution in [0.3, 0.4) is 0 Å². The number of rotatable bonds is 5. The van der Waals surface area contributed by atoms with Crippen LogP contribution < -0.4 is 10.5 Å². The van der Waals surface area contributed by atoms with Gasteiger partial charge in [0.05, 0.1) is 17.0 Å². The van der Waals surface area contributed by atoms with Gasteiger partial charge >= 0.3 is 5.76 Å². The first-order valence-corrected chi connectivity index (χ1v) is 9.86. The standard InChI is InChI=1S/C20H15FN2O4S/c21-15-6-8-16(9-7-15)22-28(25,26)17-10-11-18-19(12-17)27-20(24)23(18)13-14-4-2-1-3-5-14/h1-12,22H,13H2. The van der Waals surface area contributed by atoms with Crippen molar-refractivity contribution in [2.75, 3.05) is 4.72 Å². The molecule has 4 aromatic rings. The van der Waals surface area contributed by atoms with Gasteiger partial charge in [0.25, 0.3) is 10.0 Å². The van der Waals surface area contributed by atoms with E-state index in [2.05, 4.69) is 4.72 Å². The van der Waals surface area contributed by atoms with Crippen LogP contribution >= 0.6 is 0 Å². The maximum absolute atomic E-state index is 13.0. The molecule has 0 fully saturated rings. The summed E-state index contributed by atoms with van der Waals surface area (Å²) in [5, 5.41) is 0. The SMILES string of the molecule is O=c1oc2cc(S(=O)(=O)Nc3ccc(F)cc3)ccc2n1Cc1ccccc1. The Kier molecular flexibility index (Phi) is 4.48. The molecule has 142 valence electrons. The van der Waals surface area contributed by atoms with Crippen molar-refractivity contribution in [3.8, 4) is 0 Å². The molecule has 1 aromatic heterocycles. The van der Waals surface area contributed by atoms with Gasteiger partial charge in [-0.05, 0) is 42.0 Å². The number of fused-ring (bicyclic) bond motifs is 1. The van der Waals surface area contributed by atoms with E-state index in [0.717, 1.165) is 17.7 Å². The Morgan fingerprint density at radius 2 is 1.68 bits per heavy atom. The monoisotopic (exact) mass is 398 g/mol. The second-order valence-corrected chi connectivity index (χ2v) is 7.86. The Balaban J connectivity index is 1.68. The topological polar surface area (TPSA) is 81.3 Å². The van der Waals surface area contributed by atoms with Crippen LogP contribution in [0.25, 0.3) is 11.1 Å². The lowest BCUT2D eigenvalue weighted by molar-refractivity contribution is 0.517. The number of oxazole rings is 1. The van der Waals surface area contributed by atoms with Crippen LogP contribution in [0, 0.1) is 5.82 Å². The van der Waals surface area contributed by atoms with Crippen molar-refractivity contribution in [3.05, 3.63) is 94.7 Å². The van der Waals surface area contributed by atoms with Gasteiger partial charge in [0.1, 0.15) is 5.82 Å². The number of benzene rings is 3. The van der Waals surface area contributed by atoms with Gasteiger partial charge in [-0.1, -0.05) is 30.3 Å². The molecule has 1 heterocycles. The van der Waals surface area contributed by atoms with Gasteiger partial charge in [-0.15, -0.1) is 0 Å². The quantitative estimate of drug-likeness (QED) is 0.557. The normalized spacial score (nSPS) is 11.6. The van der Waals surface area contributed by atoms with Crippen molar-refractivity contribution in [1.29, 1.82) is 0 Å². The average molecular weight is 398 g/mol. The Hall–Kier alpha value is -3.39. The molecule has 0 spiro atoms. The fourth-order valence-corrected chi connectivity index (χ4v) is 3.94. The van der Waals surface area contributed by atoms with E-state index in [0.29, 0.717) is 12.1 Å². The summed E-state index contributed by atoms with van der Waals surface area (Å²) in [6, 6.07) is 18.6. The number of nitrogens with zero attached hydrogens (tertiary/aromatic N) is 1. The molecule has 1 N–H and O–H groups in total. The second kappa shape index (κ2) is 6.97. The number of halogens is 1.